The average Bonchev–Trinajstić information content (AvgIpc) is 2.65. The van der Waals surface area contributed by atoms with Crippen LogP contribution in [-0.2, 0) is 0 Å². The van der Waals surface area contributed by atoms with Gasteiger partial charge in [0.15, 0.2) is 0 Å². The summed E-state index contributed by atoms with van der Waals surface area (Å²) in [6.45, 7) is 0. The van der Waals surface area contributed by atoms with Crippen LogP contribution in [0.2, 0.25) is 0 Å². The van der Waals surface area contributed by atoms with Crippen LogP contribution in [0, 0.1) is 5.92 Å². The third-order valence-corrected chi connectivity index (χ3v) is 3.92. The Hall–Kier alpha value is 0.310. The van der Waals surface area contributed by atoms with Gasteiger partial charge in [0, 0.05) is 5.25 Å². The molecule has 58 valence electrons. The second-order valence-corrected chi connectivity index (χ2v) is 4.73. The molecule has 1 aliphatic carbocycles. The lowest BCUT2D eigenvalue weighted by Crippen LogP contribution is -2.22. The Labute approximate surface area is 66.2 Å². The minimum atomic E-state index is 0.0347. The number of hydrogen-bond donors (Lipinski definition) is 1. The second-order valence-electron chi connectivity index (χ2n) is 3.38. The molecule has 1 saturated heterocycles. The van der Waals surface area contributed by atoms with Gasteiger partial charge in [-0.15, -0.1) is 0 Å². The van der Waals surface area contributed by atoms with Crippen LogP contribution in [0.3, 0.4) is 0 Å². The lowest BCUT2D eigenvalue weighted by Gasteiger charge is -2.15. The first-order chi connectivity index (χ1) is 4.88. The van der Waals surface area contributed by atoms with Crippen molar-refractivity contribution in [2.75, 3.05) is 5.75 Å². The van der Waals surface area contributed by atoms with Crippen molar-refractivity contribution in [1.29, 1.82) is 0 Å². The van der Waals surface area contributed by atoms with E-state index in [9.17, 15) is 5.11 Å². The minimum absolute atomic E-state index is 0.0347. The first-order valence-electron chi connectivity index (χ1n) is 4.17. The number of rotatable bonds is 2. The molecule has 2 heteroatoms. The molecule has 0 radical (unpaired) electrons. The first kappa shape index (κ1) is 6.99. The van der Waals surface area contributed by atoms with E-state index in [2.05, 4.69) is 0 Å². The highest BCUT2D eigenvalue weighted by Gasteiger charge is 2.36. The molecule has 0 bridgehead atoms. The van der Waals surface area contributed by atoms with Crippen molar-refractivity contribution < 1.29 is 5.11 Å². The molecule has 0 aromatic carbocycles. The van der Waals surface area contributed by atoms with Gasteiger partial charge in [-0.2, -0.15) is 11.8 Å². The summed E-state index contributed by atoms with van der Waals surface area (Å²) in [5, 5.41) is 10.3. The molecule has 10 heavy (non-hydrogen) atoms. The summed E-state index contributed by atoms with van der Waals surface area (Å²) in [5.74, 6) is 1.95. The molecule has 2 fully saturated rings. The molecule has 0 spiro atoms. The van der Waals surface area contributed by atoms with Gasteiger partial charge in [0.25, 0.3) is 0 Å². The third-order valence-electron chi connectivity index (χ3n) is 2.45. The molecule has 2 aliphatic rings. The lowest BCUT2D eigenvalue weighted by atomic mass is 10.1. The number of aliphatic hydroxyl groups excluding tert-OH is 1. The highest BCUT2D eigenvalue weighted by atomic mass is 32.2. The van der Waals surface area contributed by atoms with Crippen molar-refractivity contribution in [1.82, 2.24) is 0 Å². The maximum Gasteiger partial charge on any atom is 0.0686 e. The molecule has 1 nitrogen and oxygen atoms in total. The fraction of sp³-hybridized carbons (Fsp3) is 1.00. The van der Waals surface area contributed by atoms with Crippen LogP contribution in [0.1, 0.15) is 25.7 Å². The molecule has 2 rings (SSSR count). The fourth-order valence-electron chi connectivity index (χ4n) is 1.61. The van der Waals surface area contributed by atoms with E-state index in [1.165, 1.54) is 31.4 Å². The van der Waals surface area contributed by atoms with Crippen molar-refractivity contribution >= 4 is 11.8 Å². The number of hydrogen-bond acceptors (Lipinski definition) is 2. The molecule has 1 N–H and O–H groups in total. The van der Waals surface area contributed by atoms with E-state index in [0.717, 1.165) is 0 Å². The highest BCUT2D eigenvalue weighted by molar-refractivity contribution is 8.00. The monoisotopic (exact) mass is 158 g/mol. The summed E-state index contributed by atoms with van der Waals surface area (Å²) < 4.78 is 0. The van der Waals surface area contributed by atoms with E-state index in [4.69, 9.17) is 0 Å². The van der Waals surface area contributed by atoms with Crippen LogP contribution in [0.4, 0.5) is 0 Å². The molecule has 1 aliphatic heterocycles. The average molecular weight is 158 g/mol. The molecule has 1 heterocycles. The van der Waals surface area contributed by atoms with Crippen molar-refractivity contribution in [2.24, 2.45) is 5.92 Å². The van der Waals surface area contributed by atoms with Gasteiger partial charge in [-0.1, -0.05) is 0 Å². The van der Waals surface area contributed by atoms with E-state index in [0.29, 0.717) is 11.2 Å². The Kier molecular flexibility index (Phi) is 1.92. The smallest absolute Gasteiger partial charge is 0.0686 e. The zero-order valence-corrected chi connectivity index (χ0v) is 6.94. The summed E-state index contributed by atoms with van der Waals surface area (Å²) in [6, 6.07) is 0. The molecule has 2 unspecified atom stereocenters. The van der Waals surface area contributed by atoms with Gasteiger partial charge >= 0.3 is 0 Å². The molecule has 0 aromatic heterocycles. The van der Waals surface area contributed by atoms with Gasteiger partial charge in [0.2, 0.25) is 0 Å². The van der Waals surface area contributed by atoms with Crippen LogP contribution in [0.5, 0.6) is 0 Å². The van der Waals surface area contributed by atoms with E-state index in [1.807, 2.05) is 11.8 Å². The lowest BCUT2D eigenvalue weighted by molar-refractivity contribution is 0.147. The summed E-state index contributed by atoms with van der Waals surface area (Å²) in [6.07, 6.45) is 5.16. The van der Waals surface area contributed by atoms with Gasteiger partial charge in [-0.3, -0.25) is 0 Å². The van der Waals surface area contributed by atoms with Gasteiger partial charge in [-0.05, 0) is 37.4 Å². The zero-order chi connectivity index (χ0) is 6.97. The fourth-order valence-corrected chi connectivity index (χ4v) is 3.00. The Bertz CT molecular complexity index is 116. The van der Waals surface area contributed by atoms with Crippen molar-refractivity contribution in [3.05, 3.63) is 0 Å². The van der Waals surface area contributed by atoms with Gasteiger partial charge in [0.05, 0.1) is 6.10 Å². The molecular formula is C8H14OS. The Balaban J connectivity index is 1.84. The van der Waals surface area contributed by atoms with Gasteiger partial charge < -0.3 is 5.11 Å². The standard InChI is InChI=1S/C8H14OS/c9-8(6-3-4-6)7-2-1-5-10-7/h6-9H,1-5H2. The SMILES string of the molecule is OC(C1CC1)C1CCCS1. The maximum absolute atomic E-state index is 9.67. The van der Waals surface area contributed by atoms with E-state index in [1.54, 1.807) is 0 Å². The number of thioether (sulfide) groups is 1. The quantitative estimate of drug-likeness (QED) is 0.659. The first-order valence-corrected chi connectivity index (χ1v) is 5.22. The van der Waals surface area contributed by atoms with Crippen LogP contribution < -0.4 is 0 Å². The van der Waals surface area contributed by atoms with Crippen LogP contribution >= 0.6 is 11.8 Å². The zero-order valence-electron chi connectivity index (χ0n) is 6.12. The topological polar surface area (TPSA) is 20.2 Å². The second kappa shape index (κ2) is 2.74. The number of aliphatic hydroxyl groups is 1. The van der Waals surface area contributed by atoms with E-state index < -0.39 is 0 Å². The predicted molar refractivity (Wildman–Crippen MR) is 44.2 cm³/mol. The maximum atomic E-state index is 9.67. The minimum Gasteiger partial charge on any atom is -0.392 e. The van der Waals surface area contributed by atoms with Crippen molar-refractivity contribution in [2.45, 2.75) is 37.0 Å². The normalized spacial score (nSPS) is 36.3. The Morgan fingerprint density at radius 1 is 1.30 bits per heavy atom. The Morgan fingerprint density at radius 2 is 2.10 bits per heavy atom. The largest absolute Gasteiger partial charge is 0.392 e. The molecule has 2 atom stereocenters. The van der Waals surface area contributed by atoms with Gasteiger partial charge in [-0.25, -0.2) is 0 Å². The van der Waals surface area contributed by atoms with Crippen molar-refractivity contribution in [3.63, 3.8) is 0 Å². The van der Waals surface area contributed by atoms with E-state index >= 15 is 0 Å². The summed E-state index contributed by atoms with van der Waals surface area (Å²) in [5.41, 5.74) is 0. The van der Waals surface area contributed by atoms with E-state index in [-0.39, 0.29) is 6.10 Å². The summed E-state index contributed by atoms with van der Waals surface area (Å²) in [7, 11) is 0. The molecule has 1 saturated carbocycles. The van der Waals surface area contributed by atoms with Crippen LogP contribution in [-0.4, -0.2) is 22.2 Å². The predicted octanol–water partition coefficient (Wildman–Crippen LogP) is 1.65. The van der Waals surface area contributed by atoms with Gasteiger partial charge in [0.1, 0.15) is 0 Å². The molecular weight excluding hydrogens is 144 g/mol. The third kappa shape index (κ3) is 1.32. The van der Waals surface area contributed by atoms with Crippen LogP contribution in [0.15, 0.2) is 0 Å². The molecule has 0 amide bonds. The Morgan fingerprint density at radius 3 is 2.60 bits per heavy atom. The highest BCUT2D eigenvalue weighted by Crippen LogP contribution is 2.40. The van der Waals surface area contributed by atoms with Crippen molar-refractivity contribution in [3.8, 4) is 0 Å². The van der Waals surface area contributed by atoms with Crippen LogP contribution in [0.25, 0.3) is 0 Å². The summed E-state index contributed by atoms with van der Waals surface area (Å²) >= 11 is 1.97. The molecule has 0 aromatic rings. The summed E-state index contributed by atoms with van der Waals surface area (Å²) in [4.78, 5) is 0.